The number of sulfone groups is 1. The number of likely N-dealkylation sites (tertiary alicyclic amines) is 1. The molecule has 0 aliphatic carbocycles. The molecule has 0 spiro atoms. The van der Waals surface area contributed by atoms with E-state index in [4.69, 9.17) is 5.11 Å². The van der Waals surface area contributed by atoms with Crippen LogP contribution in [0.1, 0.15) is 39.2 Å². The van der Waals surface area contributed by atoms with Crippen molar-refractivity contribution in [3.8, 4) is 0 Å². The highest BCUT2D eigenvalue weighted by Crippen LogP contribution is 2.24. The van der Waals surface area contributed by atoms with Crippen LogP contribution in [0.5, 0.6) is 0 Å². The van der Waals surface area contributed by atoms with Gasteiger partial charge >= 0.3 is 5.97 Å². The van der Waals surface area contributed by atoms with Crippen LogP contribution in [0.4, 0.5) is 0 Å². The zero-order chi connectivity index (χ0) is 18.0. The highest BCUT2D eigenvalue weighted by Gasteiger charge is 2.26. The zero-order valence-corrected chi connectivity index (χ0v) is 15.5. The zero-order valence-electron chi connectivity index (χ0n) is 14.7. The van der Waals surface area contributed by atoms with E-state index < -0.39 is 15.8 Å². The Kier molecular flexibility index (Phi) is 5.71. The van der Waals surface area contributed by atoms with Crippen LogP contribution in [-0.4, -0.2) is 49.8 Å². The van der Waals surface area contributed by atoms with Crippen molar-refractivity contribution in [3.05, 3.63) is 29.8 Å². The van der Waals surface area contributed by atoms with Crippen LogP contribution in [0.25, 0.3) is 0 Å². The third-order valence-electron chi connectivity index (χ3n) is 4.61. The van der Waals surface area contributed by atoms with E-state index >= 15 is 0 Å². The number of aliphatic carboxylic acids is 1. The SMILES string of the molecule is CC(C)(C)c1ccc(S(=O)(=O)CCN2CCCC(C(=O)O)C2)cc1. The van der Waals surface area contributed by atoms with Gasteiger partial charge in [-0.1, -0.05) is 32.9 Å². The van der Waals surface area contributed by atoms with Gasteiger partial charge in [-0.3, -0.25) is 4.79 Å². The summed E-state index contributed by atoms with van der Waals surface area (Å²) in [6.45, 7) is 7.85. The molecule has 1 heterocycles. The molecular formula is C18H27NO4S. The average Bonchev–Trinajstić information content (AvgIpc) is 2.52. The van der Waals surface area contributed by atoms with Crippen LogP contribution in [0.2, 0.25) is 0 Å². The van der Waals surface area contributed by atoms with Gasteiger partial charge in [-0.2, -0.15) is 0 Å². The fourth-order valence-electron chi connectivity index (χ4n) is 2.99. The molecule has 0 bridgehead atoms. The van der Waals surface area contributed by atoms with Gasteiger partial charge in [-0.15, -0.1) is 0 Å². The van der Waals surface area contributed by atoms with Gasteiger partial charge in [0, 0.05) is 13.1 Å². The Hall–Kier alpha value is -1.40. The number of carboxylic acid groups (broad SMARTS) is 1. The maximum Gasteiger partial charge on any atom is 0.307 e. The summed E-state index contributed by atoms with van der Waals surface area (Å²) in [5.74, 6) is -1.15. The van der Waals surface area contributed by atoms with Crippen molar-refractivity contribution in [3.63, 3.8) is 0 Å². The second kappa shape index (κ2) is 7.23. The summed E-state index contributed by atoms with van der Waals surface area (Å²) in [4.78, 5) is 13.4. The fourth-order valence-corrected chi connectivity index (χ4v) is 4.27. The molecule has 1 fully saturated rings. The number of hydrogen-bond donors (Lipinski definition) is 1. The Morgan fingerprint density at radius 3 is 2.42 bits per heavy atom. The van der Waals surface area contributed by atoms with E-state index in [1.54, 1.807) is 12.1 Å². The summed E-state index contributed by atoms with van der Waals surface area (Å²) in [6.07, 6.45) is 1.48. The Morgan fingerprint density at radius 2 is 1.88 bits per heavy atom. The standard InChI is InChI=1S/C18H27NO4S/c1-18(2,3)15-6-8-16(9-7-15)24(22,23)12-11-19-10-4-5-14(13-19)17(20)21/h6-9,14H,4-5,10-13H2,1-3H3,(H,20,21). The quantitative estimate of drug-likeness (QED) is 0.880. The first-order chi connectivity index (χ1) is 11.1. The fraction of sp³-hybridized carbons (Fsp3) is 0.611. The molecule has 1 N–H and O–H groups in total. The first-order valence-corrected chi connectivity index (χ1v) is 10.0. The predicted octanol–water partition coefficient (Wildman–Crippen LogP) is 2.55. The number of carbonyl (C=O) groups is 1. The minimum Gasteiger partial charge on any atom is -0.481 e. The molecule has 1 aromatic carbocycles. The first-order valence-electron chi connectivity index (χ1n) is 8.38. The molecule has 24 heavy (non-hydrogen) atoms. The van der Waals surface area contributed by atoms with Crippen LogP contribution in [0.3, 0.4) is 0 Å². The molecule has 6 heteroatoms. The highest BCUT2D eigenvalue weighted by molar-refractivity contribution is 7.91. The molecule has 134 valence electrons. The number of nitrogens with zero attached hydrogens (tertiary/aromatic N) is 1. The Bertz CT molecular complexity index is 674. The number of benzene rings is 1. The molecule has 2 rings (SSSR count). The number of rotatable bonds is 5. The van der Waals surface area contributed by atoms with E-state index in [2.05, 4.69) is 20.8 Å². The molecule has 1 atom stereocenters. The van der Waals surface area contributed by atoms with Gasteiger partial charge in [0.15, 0.2) is 9.84 Å². The molecule has 1 aromatic rings. The number of piperidine rings is 1. The maximum atomic E-state index is 12.5. The summed E-state index contributed by atoms with van der Waals surface area (Å²) in [7, 11) is -3.35. The van der Waals surface area contributed by atoms with E-state index in [1.807, 2.05) is 17.0 Å². The van der Waals surface area contributed by atoms with Gasteiger partial charge in [0.2, 0.25) is 0 Å². The molecule has 0 aromatic heterocycles. The van der Waals surface area contributed by atoms with Crippen molar-refractivity contribution in [1.82, 2.24) is 4.90 Å². The Labute approximate surface area is 144 Å². The van der Waals surface area contributed by atoms with Crippen molar-refractivity contribution in [2.75, 3.05) is 25.4 Å². The minimum atomic E-state index is -3.35. The van der Waals surface area contributed by atoms with E-state index in [0.29, 0.717) is 24.4 Å². The van der Waals surface area contributed by atoms with Gasteiger partial charge in [0.25, 0.3) is 0 Å². The first kappa shape index (κ1) is 18.9. The largest absolute Gasteiger partial charge is 0.481 e. The molecule has 5 nitrogen and oxygen atoms in total. The molecular weight excluding hydrogens is 326 g/mol. The Balaban J connectivity index is 2.00. The lowest BCUT2D eigenvalue weighted by Gasteiger charge is -2.30. The predicted molar refractivity (Wildman–Crippen MR) is 94.0 cm³/mol. The van der Waals surface area contributed by atoms with Crippen molar-refractivity contribution < 1.29 is 18.3 Å². The van der Waals surface area contributed by atoms with E-state index in [9.17, 15) is 13.2 Å². The second-order valence-electron chi connectivity index (χ2n) is 7.57. The van der Waals surface area contributed by atoms with Crippen LogP contribution >= 0.6 is 0 Å². The Morgan fingerprint density at radius 1 is 1.25 bits per heavy atom. The normalized spacial score (nSPS) is 20.0. The third-order valence-corrected chi connectivity index (χ3v) is 6.32. The summed E-state index contributed by atoms with van der Waals surface area (Å²) < 4.78 is 25.0. The highest BCUT2D eigenvalue weighted by atomic mass is 32.2. The van der Waals surface area contributed by atoms with E-state index in [1.165, 1.54) is 0 Å². The minimum absolute atomic E-state index is 0.0120. The summed E-state index contributed by atoms with van der Waals surface area (Å²) in [6, 6.07) is 7.08. The number of hydrogen-bond acceptors (Lipinski definition) is 4. The monoisotopic (exact) mass is 353 g/mol. The van der Waals surface area contributed by atoms with Gasteiger partial charge in [0.05, 0.1) is 16.6 Å². The molecule has 0 saturated carbocycles. The van der Waals surface area contributed by atoms with E-state index in [0.717, 1.165) is 18.5 Å². The van der Waals surface area contributed by atoms with Crippen molar-refractivity contribution in [1.29, 1.82) is 0 Å². The van der Waals surface area contributed by atoms with Crippen molar-refractivity contribution in [2.45, 2.75) is 43.9 Å². The van der Waals surface area contributed by atoms with Crippen LogP contribution in [-0.2, 0) is 20.0 Å². The van der Waals surface area contributed by atoms with Crippen LogP contribution < -0.4 is 0 Å². The summed E-state index contributed by atoms with van der Waals surface area (Å²) in [5.41, 5.74) is 1.09. The molecule has 1 aliphatic rings. The van der Waals surface area contributed by atoms with E-state index in [-0.39, 0.29) is 17.1 Å². The lowest BCUT2D eigenvalue weighted by Crippen LogP contribution is -2.40. The third kappa shape index (κ3) is 4.80. The smallest absolute Gasteiger partial charge is 0.307 e. The number of carboxylic acids is 1. The molecule has 0 amide bonds. The van der Waals surface area contributed by atoms with Gasteiger partial charge in [-0.05, 0) is 42.5 Å². The molecule has 0 radical (unpaired) electrons. The van der Waals surface area contributed by atoms with Gasteiger partial charge in [0.1, 0.15) is 0 Å². The molecule has 1 aliphatic heterocycles. The lowest BCUT2D eigenvalue weighted by molar-refractivity contribution is -0.143. The maximum absolute atomic E-state index is 12.5. The van der Waals surface area contributed by atoms with Gasteiger partial charge in [-0.25, -0.2) is 8.42 Å². The summed E-state index contributed by atoms with van der Waals surface area (Å²) >= 11 is 0. The van der Waals surface area contributed by atoms with Crippen LogP contribution in [0, 0.1) is 5.92 Å². The summed E-state index contributed by atoms with van der Waals surface area (Å²) in [5, 5.41) is 9.11. The lowest BCUT2D eigenvalue weighted by atomic mass is 9.87. The average molecular weight is 353 g/mol. The van der Waals surface area contributed by atoms with Crippen molar-refractivity contribution in [2.24, 2.45) is 5.92 Å². The molecule has 1 unspecified atom stereocenters. The second-order valence-corrected chi connectivity index (χ2v) is 9.68. The van der Waals surface area contributed by atoms with Crippen LogP contribution in [0.15, 0.2) is 29.2 Å². The molecule has 1 saturated heterocycles. The topological polar surface area (TPSA) is 74.7 Å². The van der Waals surface area contributed by atoms with Gasteiger partial charge < -0.3 is 10.0 Å². The van der Waals surface area contributed by atoms with Crippen molar-refractivity contribution >= 4 is 15.8 Å².